The summed E-state index contributed by atoms with van der Waals surface area (Å²) >= 11 is 0. The van der Waals surface area contributed by atoms with Crippen molar-refractivity contribution < 1.29 is 14.2 Å². The molecule has 4 heteroatoms. The molecule has 1 saturated heterocycles. The molecule has 1 unspecified atom stereocenters. The van der Waals surface area contributed by atoms with Crippen LogP contribution in [-0.4, -0.2) is 42.4 Å². The number of halogens is 1. The fraction of sp³-hybridized carbons (Fsp3) is 0.571. The molecule has 1 aliphatic rings. The smallest absolute Gasteiger partial charge is 0.123 e. The van der Waals surface area contributed by atoms with E-state index >= 15 is 0 Å². The second-order valence-corrected chi connectivity index (χ2v) is 4.67. The second-order valence-electron chi connectivity index (χ2n) is 4.67. The maximum absolute atomic E-state index is 12.7. The third kappa shape index (κ3) is 3.68. The summed E-state index contributed by atoms with van der Waals surface area (Å²) in [5.74, 6) is 0.438. The minimum atomic E-state index is -0.251. The van der Waals surface area contributed by atoms with Crippen molar-refractivity contribution >= 4 is 0 Å². The summed E-state index contributed by atoms with van der Waals surface area (Å²) in [5, 5.41) is 9.28. The van der Waals surface area contributed by atoms with E-state index in [0.29, 0.717) is 12.4 Å². The van der Waals surface area contributed by atoms with Gasteiger partial charge in [-0.2, -0.15) is 0 Å². The maximum atomic E-state index is 12.7. The van der Waals surface area contributed by atoms with Gasteiger partial charge >= 0.3 is 0 Å². The number of likely N-dealkylation sites (tertiary alicyclic amines) is 1. The first-order valence-electron chi connectivity index (χ1n) is 6.53. The number of hydrogen-bond donors (Lipinski definition) is 1. The molecule has 1 atom stereocenters. The second kappa shape index (κ2) is 6.71. The van der Waals surface area contributed by atoms with Crippen LogP contribution in [0.4, 0.5) is 4.39 Å². The Bertz CT molecular complexity index is 355. The normalized spacial score (nSPS) is 20.9. The minimum Gasteiger partial charge on any atom is -0.492 e. The lowest BCUT2D eigenvalue weighted by atomic mass is 10.0. The van der Waals surface area contributed by atoms with Crippen molar-refractivity contribution in [2.24, 2.45) is 0 Å². The number of hydrogen-bond acceptors (Lipinski definition) is 3. The number of rotatable bonds is 5. The molecule has 0 bridgehead atoms. The van der Waals surface area contributed by atoms with Crippen LogP contribution < -0.4 is 4.74 Å². The Morgan fingerprint density at radius 3 is 2.78 bits per heavy atom. The zero-order valence-electron chi connectivity index (χ0n) is 10.5. The molecule has 2 rings (SSSR count). The summed E-state index contributed by atoms with van der Waals surface area (Å²) in [5.41, 5.74) is 0. The van der Waals surface area contributed by atoms with Crippen LogP contribution in [-0.2, 0) is 0 Å². The quantitative estimate of drug-likeness (QED) is 0.871. The Morgan fingerprint density at radius 1 is 1.28 bits per heavy atom. The molecule has 1 aromatic carbocycles. The van der Waals surface area contributed by atoms with Gasteiger partial charge in [0.1, 0.15) is 18.2 Å². The van der Waals surface area contributed by atoms with E-state index in [-0.39, 0.29) is 18.5 Å². The highest BCUT2D eigenvalue weighted by Gasteiger charge is 2.20. The zero-order chi connectivity index (χ0) is 12.8. The predicted octanol–water partition coefficient (Wildman–Crippen LogP) is 2.05. The maximum Gasteiger partial charge on any atom is 0.123 e. The molecule has 100 valence electrons. The third-order valence-corrected chi connectivity index (χ3v) is 3.42. The van der Waals surface area contributed by atoms with E-state index in [1.807, 2.05) is 0 Å². The highest BCUT2D eigenvalue weighted by molar-refractivity contribution is 5.21. The predicted molar refractivity (Wildman–Crippen MR) is 68.2 cm³/mol. The topological polar surface area (TPSA) is 32.7 Å². The van der Waals surface area contributed by atoms with Gasteiger partial charge in [-0.1, -0.05) is 6.42 Å². The van der Waals surface area contributed by atoms with Gasteiger partial charge in [-0.15, -0.1) is 0 Å². The Balaban J connectivity index is 1.75. The summed E-state index contributed by atoms with van der Waals surface area (Å²) in [4.78, 5) is 2.27. The van der Waals surface area contributed by atoms with Crippen LogP contribution in [0.5, 0.6) is 5.75 Å². The number of aliphatic hydroxyl groups is 1. The van der Waals surface area contributed by atoms with Gasteiger partial charge < -0.3 is 9.84 Å². The third-order valence-electron chi connectivity index (χ3n) is 3.42. The van der Waals surface area contributed by atoms with Gasteiger partial charge in [-0.25, -0.2) is 4.39 Å². The van der Waals surface area contributed by atoms with Crippen LogP contribution in [0.15, 0.2) is 24.3 Å². The molecule has 0 amide bonds. The average molecular weight is 253 g/mol. The van der Waals surface area contributed by atoms with E-state index in [4.69, 9.17) is 4.74 Å². The Morgan fingerprint density at radius 2 is 2.06 bits per heavy atom. The molecule has 1 heterocycles. The first-order chi connectivity index (χ1) is 8.79. The van der Waals surface area contributed by atoms with E-state index in [1.165, 1.54) is 25.0 Å². The lowest BCUT2D eigenvalue weighted by Crippen LogP contribution is -2.43. The summed E-state index contributed by atoms with van der Waals surface area (Å²) in [7, 11) is 0. The number of benzene rings is 1. The Labute approximate surface area is 107 Å². The van der Waals surface area contributed by atoms with Gasteiger partial charge in [0.05, 0.1) is 6.61 Å². The van der Waals surface area contributed by atoms with Crippen molar-refractivity contribution in [3.63, 3.8) is 0 Å². The summed E-state index contributed by atoms with van der Waals surface area (Å²) in [6.45, 7) is 2.62. The molecule has 1 aromatic rings. The molecule has 0 saturated carbocycles. The summed E-state index contributed by atoms with van der Waals surface area (Å²) in [6.07, 6.45) is 3.45. The van der Waals surface area contributed by atoms with Crippen molar-refractivity contribution in [3.8, 4) is 5.75 Å². The van der Waals surface area contributed by atoms with Crippen LogP contribution in [0.2, 0.25) is 0 Å². The zero-order valence-corrected chi connectivity index (χ0v) is 10.5. The van der Waals surface area contributed by atoms with Crippen molar-refractivity contribution in [2.75, 3.05) is 26.3 Å². The molecule has 18 heavy (non-hydrogen) atoms. The molecule has 1 N–H and O–H groups in total. The standard InChI is InChI=1S/C14H20FNO2/c15-12-4-6-14(7-5-12)18-10-9-16-8-2-1-3-13(16)11-17/h4-7,13,17H,1-3,8-11H2. The number of piperidine rings is 1. The van der Waals surface area contributed by atoms with Gasteiger partial charge in [0.2, 0.25) is 0 Å². The van der Waals surface area contributed by atoms with Crippen LogP contribution >= 0.6 is 0 Å². The molecule has 0 aliphatic carbocycles. The average Bonchev–Trinajstić information content (AvgIpc) is 2.41. The first-order valence-corrected chi connectivity index (χ1v) is 6.53. The van der Waals surface area contributed by atoms with Gasteiger partial charge in [-0.3, -0.25) is 4.90 Å². The van der Waals surface area contributed by atoms with Crippen molar-refractivity contribution in [1.82, 2.24) is 4.90 Å². The molecule has 0 aromatic heterocycles. The molecule has 0 spiro atoms. The molecular weight excluding hydrogens is 233 g/mol. The summed E-state index contributed by atoms with van der Waals surface area (Å²) < 4.78 is 18.3. The van der Waals surface area contributed by atoms with E-state index in [1.54, 1.807) is 12.1 Å². The SMILES string of the molecule is OCC1CCCCN1CCOc1ccc(F)cc1. The molecule has 0 radical (unpaired) electrons. The fourth-order valence-electron chi connectivity index (χ4n) is 2.37. The molecule has 1 fully saturated rings. The van der Waals surface area contributed by atoms with Gasteiger partial charge in [0, 0.05) is 12.6 Å². The van der Waals surface area contributed by atoms with Crippen LogP contribution in [0.3, 0.4) is 0 Å². The Hall–Kier alpha value is -1.13. The lowest BCUT2D eigenvalue weighted by molar-refractivity contribution is 0.0773. The first kappa shape index (κ1) is 13.3. The van der Waals surface area contributed by atoms with E-state index in [2.05, 4.69) is 4.90 Å². The van der Waals surface area contributed by atoms with Gasteiger partial charge in [0.15, 0.2) is 0 Å². The van der Waals surface area contributed by atoms with Crippen molar-refractivity contribution in [3.05, 3.63) is 30.1 Å². The highest BCUT2D eigenvalue weighted by atomic mass is 19.1. The summed E-state index contributed by atoms with van der Waals surface area (Å²) in [6, 6.07) is 6.33. The minimum absolute atomic E-state index is 0.219. The van der Waals surface area contributed by atoms with Crippen LogP contribution in [0, 0.1) is 5.82 Å². The van der Waals surface area contributed by atoms with Crippen molar-refractivity contribution in [1.29, 1.82) is 0 Å². The van der Waals surface area contributed by atoms with Crippen LogP contribution in [0.25, 0.3) is 0 Å². The monoisotopic (exact) mass is 253 g/mol. The molecule has 3 nitrogen and oxygen atoms in total. The highest BCUT2D eigenvalue weighted by Crippen LogP contribution is 2.16. The largest absolute Gasteiger partial charge is 0.492 e. The lowest BCUT2D eigenvalue weighted by Gasteiger charge is -2.34. The molecule has 1 aliphatic heterocycles. The molecular formula is C14H20FNO2. The van der Waals surface area contributed by atoms with Crippen LogP contribution in [0.1, 0.15) is 19.3 Å². The van der Waals surface area contributed by atoms with E-state index in [9.17, 15) is 9.50 Å². The number of ether oxygens (including phenoxy) is 1. The van der Waals surface area contributed by atoms with E-state index in [0.717, 1.165) is 19.5 Å². The van der Waals surface area contributed by atoms with Gasteiger partial charge in [-0.05, 0) is 43.7 Å². The van der Waals surface area contributed by atoms with Crippen molar-refractivity contribution in [2.45, 2.75) is 25.3 Å². The number of nitrogens with zero attached hydrogens (tertiary/aromatic N) is 1. The van der Waals surface area contributed by atoms with E-state index < -0.39 is 0 Å². The fourth-order valence-corrected chi connectivity index (χ4v) is 2.37. The number of aliphatic hydroxyl groups excluding tert-OH is 1. The Kier molecular flexibility index (Phi) is 4.96. The van der Waals surface area contributed by atoms with Gasteiger partial charge in [0.25, 0.3) is 0 Å².